The van der Waals surface area contributed by atoms with Crippen LogP contribution in [-0.4, -0.2) is 30.1 Å². The summed E-state index contributed by atoms with van der Waals surface area (Å²) >= 11 is 0. The summed E-state index contributed by atoms with van der Waals surface area (Å²) in [7, 11) is 3.22. The van der Waals surface area contributed by atoms with E-state index in [-0.39, 0.29) is 5.91 Å². The molecule has 0 saturated heterocycles. The van der Waals surface area contributed by atoms with Crippen LogP contribution in [0.3, 0.4) is 0 Å². The maximum Gasteiger partial charge on any atom is 0.254 e. The predicted molar refractivity (Wildman–Crippen MR) is 74.4 cm³/mol. The summed E-state index contributed by atoms with van der Waals surface area (Å²) in [6.07, 6.45) is 0. The molecule has 6 nitrogen and oxygen atoms in total. The smallest absolute Gasteiger partial charge is 0.254 e. The van der Waals surface area contributed by atoms with Gasteiger partial charge in [0.1, 0.15) is 17.2 Å². The molecule has 0 atom stereocenters. The molecule has 0 spiro atoms. The fourth-order valence-electron chi connectivity index (χ4n) is 1.87. The van der Waals surface area contributed by atoms with Crippen molar-refractivity contribution in [3.05, 3.63) is 41.3 Å². The van der Waals surface area contributed by atoms with Gasteiger partial charge >= 0.3 is 0 Å². The molecule has 0 radical (unpaired) electrons. The highest BCUT2D eigenvalue weighted by Gasteiger charge is 2.15. The Morgan fingerprint density at radius 1 is 1.45 bits per heavy atom. The summed E-state index contributed by atoms with van der Waals surface area (Å²) in [6.45, 7) is 2.19. The standard InChI is InChI=1S/C14H17N3O3/c1-9-6-11(16-20-9)8-17(2)14(18)10-4-5-12(15)13(7-10)19-3/h4-7H,8,15H2,1-3H3. The Hall–Kier alpha value is -2.50. The number of benzene rings is 1. The highest BCUT2D eigenvalue weighted by Crippen LogP contribution is 2.23. The van der Waals surface area contributed by atoms with E-state index in [1.165, 1.54) is 7.11 Å². The number of carbonyl (C=O) groups excluding carboxylic acids is 1. The number of aromatic nitrogens is 1. The van der Waals surface area contributed by atoms with Crippen LogP contribution in [0, 0.1) is 6.92 Å². The number of carbonyl (C=O) groups is 1. The number of anilines is 1. The summed E-state index contributed by atoms with van der Waals surface area (Å²) in [5.41, 5.74) is 7.45. The second-order valence-electron chi connectivity index (χ2n) is 4.55. The second kappa shape index (κ2) is 5.64. The first-order valence-corrected chi connectivity index (χ1v) is 6.12. The van der Waals surface area contributed by atoms with Crippen LogP contribution in [0.1, 0.15) is 21.8 Å². The molecule has 1 aromatic heterocycles. The Kier molecular flexibility index (Phi) is 3.93. The maximum absolute atomic E-state index is 12.3. The molecule has 6 heteroatoms. The molecular weight excluding hydrogens is 258 g/mol. The predicted octanol–water partition coefficient (Wildman–Crippen LogP) is 1.85. The lowest BCUT2D eigenvalue weighted by Crippen LogP contribution is -2.26. The number of hydrogen-bond donors (Lipinski definition) is 1. The van der Waals surface area contributed by atoms with E-state index in [0.29, 0.717) is 29.2 Å². The summed E-state index contributed by atoms with van der Waals surface area (Å²) in [5.74, 6) is 1.07. The SMILES string of the molecule is COc1cc(C(=O)N(C)Cc2cc(C)on2)ccc1N. The molecule has 1 aromatic carbocycles. The van der Waals surface area contributed by atoms with Crippen molar-refractivity contribution in [3.63, 3.8) is 0 Å². The van der Waals surface area contributed by atoms with Gasteiger partial charge in [0.2, 0.25) is 0 Å². The summed E-state index contributed by atoms with van der Waals surface area (Å²) in [6, 6.07) is 6.75. The van der Waals surface area contributed by atoms with E-state index in [9.17, 15) is 4.79 Å². The zero-order valence-electron chi connectivity index (χ0n) is 11.7. The van der Waals surface area contributed by atoms with Crippen molar-refractivity contribution in [2.75, 3.05) is 19.9 Å². The lowest BCUT2D eigenvalue weighted by molar-refractivity contribution is 0.0782. The van der Waals surface area contributed by atoms with E-state index >= 15 is 0 Å². The number of ether oxygens (including phenoxy) is 1. The molecule has 2 aromatic rings. The number of rotatable bonds is 4. The fraction of sp³-hybridized carbons (Fsp3) is 0.286. The average molecular weight is 275 g/mol. The molecule has 2 rings (SSSR count). The van der Waals surface area contributed by atoms with Gasteiger partial charge in [-0.3, -0.25) is 4.79 Å². The quantitative estimate of drug-likeness (QED) is 0.861. The monoisotopic (exact) mass is 275 g/mol. The first-order valence-electron chi connectivity index (χ1n) is 6.12. The minimum atomic E-state index is -0.135. The van der Waals surface area contributed by atoms with Crippen molar-refractivity contribution >= 4 is 11.6 Å². The van der Waals surface area contributed by atoms with Crippen LogP contribution in [0.25, 0.3) is 0 Å². The molecule has 0 aliphatic rings. The van der Waals surface area contributed by atoms with Gasteiger partial charge in [-0.15, -0.1) is 0 Å². The third-order valence-electron chi connectivity index (χ3n) is 2.90. The number of nitrogens with zero attached hydrogens (tertiary/aromatic N) is 2. The van der Waals surface area contributed by atoms with Crippen molar-refractivity contribution in [2.24, 2.45) is 0 Å². The van der Waals surface area contributed by atoms with E-state index in [4.69, 9.17) is 15.0 Å². The molecule has 2 N–H and O–H groups in total. The van der Waals surface area contributed by atoms with Gasteiger partial charge in [0.15, 0.2) is 0 Å². The summed E-state index contributed by atoms with van der Waals surface area (Å²) < 4.78 is 10.1. The first kappa shape index (κ1) is 13.9. The molecule has 0 saturated carbocycles. The number of methoxy groups -OCH3 is 1. The van der Waals surface area contributed by atoms with Crippen LogP contribution in [0.2, 0.25) is 0 Å². The van der Waals surface area contributed by atoms with E-state index in [1.54, 1.807) is 36.2 Å². The minimum absolute atomic E-state index is 0.135. The molecule has 0 unspecified atom stereocenters. The molecule has 0 aliphatic heterocycles. The number of nitrogen functional groups attached to an aromatic ring is 1. The number of amides is 1. The van der Waals surface area contributed by atoms with Gasteiger partial charge in [-0.2, -0.15) is 0 Å². The zero-order valence-corrected chi connectivity index (χ0v) is 11.7. The molecule has 0 fully saturated rings. The van der Waals surface area contributed by atoms with Crippen molar-refractivity contribution in [2.45, 2.75) is 13.5 Å². The van der Waals surface area contributed by atoms with Gasteiger partial charge in [-0.1, -0.05) is 5.16 Å². The average Bonchev–Trinajstić information content (AvgIpc) is 2.83. The third-order valence-corrected chi connectivity index (χ3v) is 2.90. The van der Waals surface area contributed by atoms with Crippen molar-refractivity contribution in [1.82, 2.24) is 10.1 Å². The maximum atomic E-state index is 12.3. The molecular formula is C14H17N3O3. The normalized spacial score (nSPS) is 10.3. The molecule has 1 heterocycles. The Bertz CT molecular complexity index is 622. The topological polar surface area (TPSA) is 81.6 Å². The van der Waals surface area contributed by atoms with Gasteiger partial charge in [0.25, 0.3) is 5.91 Å². The van der Waals surface area contributed by atoms with Gasteiger partial charge in [0, 0.05) is 18.7 Å². The number of aryl methyl sites for hydroxylation is 1. The van der Waals surface area contributed by atoms with Gasteiger partial charge < -0.3 is 19.9 Å². The third kappa shape index (κ3) is 2.90. The second-order valence-corrected chi connectivity index (χ2v) is 4.55. The lowest BCUT2D eigenvalue weighted by atomic mass is 10.1. The summed E-state index contributed by atoms with van der Waals surface area (Å²) in [4.78, 5) is 13.9. The fourth-order valence-corrected chi connectivity index (χ4v) is 1.87. The molecule has 0 aliphatic carbocycles. The van der Waals surface area contributed by atoms with Crippen LogP contribution in [-0.2, 0) is 6.54 Å². The van der Waals surface area contributed by atoms with E-state index in [0.717, 1.165) is 5.76 Å². The Morgan fingerprint density at radius 2 is 2.20 bits per heavy atom. The van der Waals surface area contributed by atoms with Crippen LogP contribution in [0.5, 0.6) is 5.75 Å². The molecule has 20 heavy (non-hydrogen) atoms. The molecule has 106 valence electrons. The van der Waals surface area contributed by atoms with Crippen molar-refractivity contribution in [3.8, 4) is 5.75 Å². The molecule has 0 bridgehead atoms. The Balaban J connectivity index is 2.14. The van der Waals surface area contributed by atoms with Crippen LogP contribution in [0.15, 0.2) is 28.8 Å². The Labute approximate surface area is 117 Å². The highest BCUT2D eigenvalue weighted by molar-refractivity contribution is 5.95. The van der Waals surface area contributed by atoms with Crippen molar-refractivity contribution < 1.29 is 14.1 Å². The highest BCUT2D eigenvalue weighted by atomic mass is 16.5. The molecule has 1 amide bonds. The largest absolute Gasteiger partial charge is 0.495 e. The van der Waals surface area contributed by atoms with Gasteiger partial charge in [-0.05, 0) is 25.1 Å². The van der Waals surface area contributed by atoms with Crippen molar-refractivity contribution in [1.29, 1.82) is 0 Å². The summed E-state index contributed by atoms with van der Waals surface area (Å²) in [5, 5.41) is 3.87. The minimum Gasteiger partial charge on any atom is -0.495 e. The van der Waals surface area contributed by atoms with Crippen LogP contribution >= 0.6 is 0 Å². The lowest BCUT2D eigenvalue weighted by Gasteiger charge is -2.16. The van der Waals surface area contributed by atoms with Crippen LogP contribution in [0.4, 0.5) is 5.69 Å². The zero-order chi connectivity index (χ0) is 14.7. The van der Waals surface area contributed by atoms with E-state index < -0.39 is 0 Å². The Morgan fingerprint density at radius 3 is 2.80 bits per heavy atom. The number of hydrogen-bond acceptors (Lipinski definition) is 5. The van der Waals surface area contributed by atoms with E-state index in [2.05, 4.69) is 5.16 Å². The van der Waals surface area contributed by atoms with Crippen LogP contribution < -0.4 is 10.5 Å². The van der Waals surface area contributed by atoms with Gasteiger partial charge in [-0.25, -0.2) is 0 Å². The van der Waals surface area contributed by atoms with Gasteiger partial charge in [0.05, 0.1) is 19.3 Å². The first-order chi connectivity index (χ1) is 9.51. The van der Waals surface area contributed by atoms with E-state index in [1.807, 2.05) is 6.92 Å². The number of nitrogens with two attached hydrogens (primary N) is 1.